The Morgan fingerprint density at radius 3 is 2.75 bits per heavy atom. The third kappa shape index (κ3) is 2.69. The topological polar surface area (TPSA) is 75.4 Å². The average molecular weight is 279 g/mol. The fourth-order valence-corrected chi connectivity index (χ4v) is 2.35. The summed E-state index contributed by atoms with van der Waals surface area (Å²) >= 11 is 0. The van der Waals surface area contributed by atoms with E-state index in [0.717, 1.165) is 6.42 Å². The first-order valence-corrected chi connectivity index (χ1v) is 6.97. The van der Waals surface area contributed by atoms with Gasteiger partial charge in [-0.15, -0.1) is 0 Å². The van der Waals surface area contributed by atoms with Crippen molar-refractivity contribution in [2.75, 3.05) is 0 Å². The number of hydrogen-bond acceptors (Lipinski definition) is 4. The van der Waals surface area contributed by atoms with Crippen molar-refractivity contribution >= 4 is 11.8 Å². The first kappa shape index (κ1) is 14.6. The lowest BCUT2D eigenvalue weighted by molar-refractivity contribution is -0.150. The molecule has 6 nitrogen and oxygen atoms in total. The van der Waals surface area contributed by atoms with Gasteiger partial charge in [-0.1, -0.05) is 25.4 Å². The second-order valence-corrected chi connectivity index (χ2v) is 5.44. The molecule has 3 unspecified atom stereocenters. The van der Waals surface area contributed by atoms with E-state index in [1.165, 1.54) is 0 Å². The van der Waals surface area contributed by atoms with E-state index in [9.17, 15) is 9.59 Å². The lowest BCUT2D eigenvalue weighted by Gasteiger charge is -2.39. The molecule has 110 valence electrons. The van der Waals surface area contributed by atoms with Crippen LogP contribution in [0.15, 0.2) is 10.6 Å². The molecule has 3 atom stereocenters. The molecule has 2 rings (SSSR count). The zero-order chi connectivity index (χ0) is 14.9. The first-order valence-electron chi connectivity index (χ1n) is 6.97. The van der Waals surface area contributed by atoms with Gasteiger partial charge in [0, 0.05) is 6.07 Å². The number of piperazine rings is 1. The first-order chi connectivity index (χ1) is 9.43. The molecule has 1 aromatic rings. The van der Waals surface area contributed by atoms with E-state index < -0.39 is 12.1 Å². The third-order valence-corrected chi connectivity index (χ3v) is 3.92. The van der Waals surface area contributed by atoms with Gasteiger partial charge in [-0.05, 0) is 19.8 Å². The molecule has 2 amide bonds. The summed E-state index contributed by atoms with van der Waals surface area (Å²) in [6.07, 6.45) is 0.835. The summed E-state index contributed by atoms with van der Waals surface area (Å²) in [5, 5.41) is 6.71. The van der Waals surface area contributed by atoms with Crippen molar-refractivity contribution in [2.45, 2.75) is 52.7 Å². The standard InChI is InChI=1S/C14H21N3O3/c1-5-8(2)12-14(19)17(10(4)13(18)15-12)7-11-6-9(3)20-16-11/h6,8,10,12H,5,7H2,1-4H3,(H,15,18). The number of nitrogens with zero attached hydrogens (tertiary/aromatic N) is 2. The number of nitrogens with one attached hydrogen (secondary N) is 1. The van der Waals surface area contributed by atoms with E-state index in [2.05, 4.69) is 10.5 Å². The molecule has 1 aromatic heterocycles. The van der Waals surface area contributed by atoms with Gasteiger partial charge in [-0.25, -0.2) is 0 Å². The van der Waals surface area contributed by atoms with Gasteiger partial charge in [-0.2, -0.15) is 0 Å². The van der Waals surface area contributed by atoms with E-state index in [0.29, 0.717) is 18.0 Å². The van der Waals surface area contributed by atoms with Gasteiger partial charge in [0.25, 0.3) is 0 Å². The fourth-order valence-electron chi connectivity index (χ4n) is 2.35. The number of aryl methyl sites for hydroxylation is 1. The highest BCUT2D eigenvalue weighted by atomic mass is 16.5. The molecule has 1 saturated heterocycles. The Morgan fingerprint density at radius 1 is 1.50 bits per heavy atom. The Kier molecular flexibility index (Phi) is 4.11. The smallest absolute Gasteiger partial charge is 0.246 e. The minimum Gasteiger partial charge on any atom is -0.361 e. The van der Waals surface area contributed by atoms with Crippen molar-refractivity contribution in [1.29, 1.82) is 0 Å². The van der Waals surface area contributed by atoms with Gasteiger partial charge in [0.2, 0.25) is 11.8 Å². The summed E-state index contributed by atoms with van der Waals surface area (Å²) in [7, 11) is 0. The normalized spacial score (nSPS) is 24.7. The molecule has 1 fully saturated rings. The molecule has 0 bridgehead atoms. The molecule has 20 heavy (non-hydrogen) atoms. The molecule has 0 saturated carbocycles. The van der Waals surface area contributed by atoms with Gasteiger partial charge in [0.1, 0.15) is 23.5 Å². The van der Waals surface area contributed by atoms with Crippen molar-refractivity contribution < 1.29 is 14.1 Å². The van der Waals surface area contributed by atoms with Gasteiger partial charge in [0.15, 0.2) is 0 Å². The second kappa shape index (κ2) is 5.64. The van der Waals surface area contributed by atoms with E-state index in [1.807, 2.05) is 13.8 Å². The van der Waals surface area contributed by atoms with Gasteiger partial charge < -0.3 is 14.7 Å². The Morgan fingerprint density at radius 2 is 2.20 bits per heavy atom. The van der Waals surface area contributed by atoms with Crippen LogP contribution in [-0.2, 0) is 16.1 Å². The van der Waals surface area contributed by atoms with Crippen LogP contribution in [0.2, 0.25) is 0 Å². The van der Waals surface area contributed by atoms with E-state index in [4.69, 9.17) is 4.52 Å². The van der Waals surface area contributed by atoms with Crippen molar-refractivity contribution in [1.82, 2.24) is 15.4 Å². The highest BCUT2D eigenvalue weighted by molar-refractivity contribution is 5.96. The van der Waals surface area contributed by atoms with Crippen LogP contribution >= 0.6 is 0 Å². The summed E-state index contributed by atoms with van der Waals surface area (Å²) in [5.74, 6) is 0.641. The summed E-state index contributed by atoms with van der Waals surface area (Å²) in [6, 6.07) is 0.849. The van der Waals surface area contributed by atoms with Gasteiger partial charge >= 0.3 is 0 Å². The minimum absolute atomic E-state index is 0.0490. The molecule has 0 spiro atoms. The van der Waals surface area contributed by atoms with Crippen LogP contribution in [0.25, 0.3) is 0 Å². The predicted octanol–water partition coefficient (Wildman–Crippen LogP) is 1.24. The number of aromatic nitrogens is 1. The van der Waals surface area contributed by atoms with Crippen LogP contribution in [0, 0.1) is 12.8 Å². The Bertz CT molecular complexity index is 512. The van der Waals surface area contributed by atoms with Crippen molar-refractivity contribution in [3.63, 3.8) is 0 Å². The van der Waals surface area contributed by atoms with E-state index in [1.54, 1.807) is 24.8 Å². The zero-order valence-electron chi connectivity index (χ0n) is 12.3. The molecule has 2 heterocycles. The minimum atomic E-state index is -0.486. The summed E-state index contributed by atoms with van der Waals surface area (Å²) < 4.78 is 5.01. The number of amides is 2. The molecule has 0 aromatic carbocycles. The largest absolute Gasteiger partial charge is 0.361 e. The Balaban J connectivity index is 2.19. The Labute approximate surface area is 118 Å². The molecular weight excluding hydrogens is 258 g/mol. The predicted molar refractivity (Wildman–Crippen MR) is 72.6 cm³/mol. The summed E-state index contributed by atoms with van der Waals surface area (Å²) in [4.78, 5) is 26.1. The van der Waals surface area contributed by atoms with Crippen LogP contribution in [0.5, 0.6) is 0 Å². The van der Waals surface area contributed by atoms with Crippen LogP contribution in [0.4, 0.5) is 0 Å². The maximum absolute atomic E-state index is 12.5. The SMILES string of the molecule is CCC(C)C1NC(=O)C(C)N(Cc2cc(C)on2)C1=O. The number of carbonyl (C=O) groups excluding carboxylic acids is 2. The number of rotatable bonds is 4. The zero-order valence-corrected chi connectivity index (χ0v) is 12.3. The molecule has 6 heteroatoms. The quantitative estimate of drug-likeness (QED) is 0.900. The van der Waals surface area contributed by atoms with Crippen molar-refractivity contribution in [3.05, 3.63) is 17.5 Å². The number of hydrogen-bond donors (Lipinski definition) is 1. The summed E-state index contributed by atoms with van der Waals surface area (Å²) in [6.45, 7) is 7.81. The molecule has 0 radical (unpaired) electrons. The molecule has 1 aliphatic heterocycles. The van der Waals surface area contributed by atoms with Gasteiger partial charge in [0.05, 0.1) is 6.54 Å². The highest BCUT2D eigenvalue weighted by Crippen LogP contribution is 2.20. The van der Waals surface area contributed by atoms with Crippen molar-refractivity contribution in [3.8, 4) is 0 Å². The molecule has 0 aliphatic carbocycles. The van der Waals surface area contributed by atoms with E-state index in [-0.39, 0.29) is 17.7 Å². The molecule has 1 N–H and O–H groups in total. The lowest BCUT2D eigenvalue weighted by Crippen LogP contribution is -2.63. The van der Waals surface area contributed by atoms with Crippen molar-refractivity contribution in [2.24, 2.45) is 5.92 Å². The van der Waals surface area contributed by atoms with Gasteiger partial charge in [-0.3, -0.25) is 9.59 Å². The Hall–Kier alpha value is -1.85. The molecular formula is C14H21N3O3. The third-order valence-electron chi connectivity index (χ3n) is 3.92. The summed E-state index contributed by atoms with van der Waals surface area (Å²) in [5.41, 5.74) is 0.667. The fraction of sp³-hybridized carbons (Fsp3) is 0.643. The highest BCUT2D eigenvalue weighted by Gasteiger charge is 2.40. The molecule has 1 aliphatic rings. The maximum Gasteiger partial charge on any atom is 0.246 e. The monoisotopic (exact) mass is 279 g/mol. The van der Waals surface area contributed by atoms with Crippen LogP contribution in [-0.4, -0.2) is 34.0 Å². The lowest BCUT2D eigenvalue weighted by atomic mass is 9.94. The second-order valence-electron chi connectivity index (χ2n) is 5.44. The van der Waals surface area contributed by atoms with Crippen LogP contribution < -0.4 is 5.32 Å². The van der Waals surface area contributed by atoms with Crippen LogP contribution in [0.1, 0.15) is 38.6 Å². The van der Waals surface area contributed by atoms with Crippen LogP contribution in [0.3, 0.4) is 0 Å². The maximum atomic E-state index is 12.5. The average Bonchev–Trinajstić information content (AvgIpc) is 2.83. The van der Waals surface area contributed by atoms with E-state index >= 15 is 0 Å². The number of carbonyl (C=O) groups is 2.